The average molecular weight is 325 g/mol. The molecule has 1 aromatic heterocycles. The van der Waals surface area contributed by atoms with Gasteiger partial charge in [-0.15, -0.1) is 11.3 Å². The van der Waals surface area contributed by atoms with Crippen molar-refractivity contribution in [3.8, 4) is 0 Å². The van der Waals surface area contributed by atoms with Crippen molar-refractivity contribution in [3.63, 3.8) is 0 Å². The summed E-state index contributed by atoms with van der Waals surface area (Å²) in [6, 6.07) is 7.65. The monoisotopic (exact) mass is 324 g/mol. The van der Waals surface area contributed by atoms with Crippen LogP contribution >= 0.6 is 22.9 Å². The van der Waals surface area contributed by atoms with Gasteiger partial charge < -0.3 is 10.0 Å². The maximum absolute atomic E-state index is 11.3. The number of benzene rings is 1. The van der Waals surface area contributed by atoms with E-state index < -0.39 is 11.4 Å². The van der Waals surface area contributed by atoms with E-state index in [9.17, 15) is 9.90 Å². The molecule has 0 radical (unpaired) electrons. The normalized spacial score (nSPS) is 11.4. The molecule has 0 amide bonds. The molecule has 21 heavy (non-hydrogen) atoms. The Morgan fingerprint density at radius 3 is 2.81 bits per heavy atom. The zero-order chi connectivity index (χ0) is 15.6. The molecule has 0 fully saturated rings. The van der Waals surface area contributed by atoms with Crippen LogP contribution in [0.25, 0.3) is 0 Å². The van der Waals surface area contributed by atoms with Crippen LogP contribution in [0.15, 0.2) is 29.6 Å². The van der Waals surface area contributed by atoms with Crippen molar-refractivity contribution < 1.29 is 9.90 Å². The predicted molar refractivity (Wildman–Crippen MR) is 86.3 cm³/mol. The number of carboxylic acid groups (broad SMARTS) is 1. The molecular formula is C15H17ClN2O2S. The van der Waals surface area contributed by atoms with Crippen molar-refractivity contribution in [2.24, 2.45) is 0 Å². The molecule has 1 aromatic carbocycles. The Morgan fingerprint density at radius 1 is 1.48 bits per heavy atom. The minimum Gasteiger partial charge on any atom is -0.481 e. The lowest BCUT2D eigenvalue weighted by Crippen LogP contribution is -2.29. The highest BCUT2D eigenvalue weighted by Gasteiger charge is 2.32. The van der Waals surface area contributed by atoms with E-state index in [-0.39, 0.29) is 0 Å². The first-order chi connectivity index (χ1) is 9.80. The van der Waals surface area contributed by atoms with Gasteiger partial charge in [0.15, 0.2) is 5.13 Å². The summed E-state index contributed by atoms with van der Waals surface area (Å²) in [7, 11) is 1.93. The van der Waals surface area contributed by atoms with E-state index in [2.05, 4.69) is 4.98 Å². The highest BCUT2D eigenvalue weighted by Crippen LogP contribution is 2.29. The topological polar surface area (TPSA) is 53.4 Å². The molecule has 0 atom stereocenters. The molecule has 1 N–H and O–H groups in total. The lowest BCUT2D eigenvalue weighted by Gasteiger charge is -2.18. The van der Waals surface area contributed by atoms with Crippen LogP contribution in [0, 0.1) is 0 Å². The van der Waals surface area contributed by atoms with Crippen LogP contribution in [0.3, 0.4) is 0 Å². The first-order valence-corrected chi connectivity index (χ1v) is 7.71. The first kappa shape index (κ1) is 15.8. The Bertz CT molecular complexity index is 655. The van der Waals surface area contributed by atoms with Gasteiger partial charge in [-0.25, -0.2) is 4.98 Å². The van der Waals surface area contributed by atoms with Gasteiger partial charge in [0, 0.05) is 24.0 Å². The molecule has 0 saturated heterocycles. The smallest absolute Gasteiger partial charge is 0.315 e. The zero-order valence-corrected chi connectivity index (χ0v) is 13.7. The molecule has 0 unspecified atom stereocenters. The summed E-state index contributed by atoms with van der Waals surface area (Å²) < 4.78 is 0. The Balaban J connectivity index is 2.16. The van der Waals surface area contributed by atoms with Gasteiger partial charge in [-0.2, -0.15) is 0 Å². The van der Waals surface area contributed by atoms with Crippen molar-refractivity contribution in [2.45, 2.75) is 25.8 Å². The fourth-order valence-corrected chi connectivity index (χ4v) is 2.99. The molecule has 0 aliphatic heterocycles. The molecule has 2 aromatic rings. The Labute approximate surface area is 133 Å². The van der Waals surface area contributed by atoms with Gasteiger partial charge in [0.25, 0.3) is 0 Å². The molecule has 0 aliphatic rings. The third-order valence-corrected chi connectivity index (χ3v) is 4.49. The molecule has 0 saturated carbocycles. The van der Waals surface area contributed by atoms with E-state index in [0.29, 0.717) is 17.3 Å². The third-order valence-electron chi connectivity index (χ3n) is 3.30. The van der Waals surface area contributed by atoms with Crippen LogP contribution in [0.2, 0.25) is 5.02 Å². The van der Waals surface area contributed by atoms with Crippen molar-refractivity contribution in [1.29, 1.82) is 0 Å². The fraction of sp³-hybridized carbons (Fsp3) is 0.333. The van der Waals surface area contributed by atoms with E-state index in [1.54, 1.807) is 19.2 Å². The molecular weight excluding hydrogens is 308 g/mol. The molecule has 0 spiro atoms. The highest BCUT2D eigenvalue weighted by atomic mass is 35.5. The SMILES string of the molecule is CN(Cc1cccc(Cl)c1)c1nc(C(C)(C)C(=O)O)cs1. The molecule has 0 bridgehead atoms. The second kappa shape index (κ2) is 6.03. The average Bonchev–Trinajstić information content (AvgIpc) is 2.88. The minimum atomic E-state index is -0.981. The van der Waals surface area contributed by atoms with E-state index in [0.717, 1.165) is 10.7 Å². The maximum atomic E-state index is 11.3. The van der Waals surface area contributed by atoms with Crippen LogP contribution in [0.4, 0.5) is 5.13 Å². The standard InChI is InChI=1S/C15H17ClN2O2S/c1-15(2,13(19)20)12-9-21-14(17-12)18(3)8-10-5-4-6-11(16)7-10/h4-7,9H,8H2,1-3H3,(H,19,20). The molecule has 6 heteroatoms. The summed E-state index contributed by atoms with van der Waals surface area (Å²) in [5.74, 6) is -0.878. The van der Waals surface area contributed by atoms with E-state index in [1.807, 2.05) is 36.2 Å². The van der Waals surface area contributed by atoms with Crippen LogP contribution in [0.1, 0.15) is 25.1 Å². The maximum Gasteiger partial charge on any atom is 0.315 e. The fourth-order valence-electron chi connectivity index (χ4n) is 1.81. The summed E-state index contributed by atoms with van der Waals surface area (Å²) in [5.41, 5.74) is 0.679. The Hall–Kier alpha value is -1.59. The van der Waals surface area contributed by atoms with Crippen molar-refractivity contribution in [3.05, 3.63) is 45.9 Å². The van der Waals surface area contributed by atoms with Crippen LogP contribution in [0.5, 0.6) is 0 Å². The van der Waals surface area contributed by atoms with Crippen molar-refractivity contribution in [2.75, 3.05) is 11.9 Å². The van der Waals surface area contributed by atoms with E-state index >= 15 is 0 Å². The number of carbonyl (C=O) groups is 1. The van der Waals surface area contributed by atoms with E-state index in [1.165, 1.54) is 11.3 Å². The van der Waals surface area contributed by atoms with Gasteiger partial charge >= 0.3 is 5.97 Å². The second-order valence-electron chi connectivity index (χ2n) is 5.43. The molecule has 2 rings (SSSR count). The lowest BCUT2D eigenvalue weighted by molar-refractivity contribution is -0.142. The first-order valence-electron chi connectivity index (χ1n) is 6.45. The summed E-state index contributed by atoms with van der Waals surface area (Å²) in [6.45, 7) is 3.98. The molecule has 1 heterocycles. The summed E-state index contributed by atoms with van der Waals surface area (Å²) in [4.78, 5) is 17.7. The van der Waals surface area contributed by atoms with Crippen LogP contribution in [-0.2, 0) is 16.8 Å². The van der Waals surface area contributed by atoms with Gasteiger partial charge in [-0.3, -0.25) is 4.79 Å². The lowest BCUT2D eigenvalue weighted by atomic mass is 9.90. The number of anilines is 1. The molecule has 112 valence electrons. The van der Waals surface area contributed by atoms with Gasteiger partial charge in [0.05, 0.1) is 5.69 Å². The zero-order valence-electron chi connectivity index (χ0n) is 12.1. The van der Waals surface area contributed by atoms with Gasteiger partial charge in [0.2, 0.25) is 0 Å². The van der Waals surface area contributed by atoms with Crippen molar-refractivity contribution in [1.82, 2.24) is 4.98 Å². The third kappa shape index (κ3) is 3.54. The number of aliphatic carboxylic acids is 1. The van der Waals surface area contributed by atoms with Gasteiger partial charge in [-0.1, -0.05) is 23.7 Å². The summed E-state index contributed by atoms with van der Waals surface area (Å²) in [6.07, 6.45) is 0. The number of carboxylic acids is 1. The number of hydrogen-bond acceptors (Lipinski definition) is 4. The minimum absolute atomic E-state index is 0.577. The highest BCUT2D eigenvalue weighted by molar-refractivity contribution is 7.13. The Morgan fingerprint density at radius 2 is 2.19 bits per heavy atom. The van der Waals surface area contributed by atoms with Crippen LogP contribution < -0.4 is 4.90 Å². The number of aromatic nitrogens is 1. The largest absolute Gasteiger partial charge is 0.481 e. The number of halogens is 1. The number of thiazole rings is 1. The van der Waals surface area contributed by atoms with Gasteiger partial charge in [-0.05, 0) is 31.5 Å². The number of rotatable bonds is 5. The van der Waals surface area contributed by atoms with Gasteiger partial charge in [0.1, 0.15) is 5.41 Å². The Kier molecular flexibility index (Phi) is 4.54. The number of hydrogen-bond donors (Lipinski definition) is 1. The molecule has 4 nitrogen and oxygen atoms in total. The summed E-state index contributed by atoms with van der Waals surface area (Å²) >= 11 is 7.42. The van der Waals surface area contributed by atoms with E-state index in [4.69, 9.17) is 11.6 Å². The van der Waals surface area contributed by atoms with Crippen molar-refractivity contribution >= 4 is 34.0 Å². The second-order valence-corrected chi connectivity index (χ2v) is 6.70. The van der Waals surface area contributed by atoms with Crippen LogP contribution in [-0.4, -0.2) is 23.1 Å². The molecule has 0 aliphatic carbocycles. The quantitative estimate of drug-likeness (QED) is 0.909. The number of nitrogens with zero attached hydrogens (tertiary/aromatic N) is 2. The predicted octanol–water partition coefficient (Wildman–Crippen LogP) is 3.80. The summed E-state index contributed by atoms with van der Waals surface area (Å²) in [5, 5.41) is 12.5.